The summed E-state index contributed by atoms with van der Waals surface area (Å²) in [5, 5.41) is 8.26. The molecule has 0 aromatic heterocycles. The maximum atomic E-state index is 13.9. The van der Waals surface area contributed by atoms with Crippen molar-refractivity contribution in [3.63, 3.8) is 0 Å². The quantitative estimate of drug-likeness (QED) is 0.130. The molecule has 0 aromatic carbocycles. The Kier molecular flexibility index (Phi) is 16.7. The fourth-order valence-electron chi connectivity index (χ4n) is 10.9. The number of nitrogens with zero attached hydrogens (tertiary/aromatic N) is 2. The fourth-order valence-corrected chi connectivity index (χ4v) is 10.9. The second kappa shape index (κ2) is 20.2. The SMILES string of the molecule is CC(C)(C)OC(=O)N[C@H](C(=O)N1C[C@H]2[C@@H]([C@H]1C(=O)NC(CC1CCC1)C(=O)C(N)=O)C2(C)C)C(C)(C)C.CC(C)(C)[C@H](N)C(=O)N1C[C@H]2[C@@H]([C@H]1C(=O)NC(CC1CCC1)C(=O)C(N)=O)C2(C)C.Cl. The number of hydrogen-bond donors (Lipinski definition) is 6. The molecule has 6 aliphatic rings. The minimum atomic E-state index is -1.08. The molecule has 6 rings (SSSR count). The Hall–Kier alpha value is -4.32. The Bertz CT molecular complexity index is 2000. The average molecular weight is 978 g/mol. The van der Waals surface area contributed by atoms with E-state index < -0.39 is 88.1 Å². The van der Waals surface area contributed by atoms with E-state index in [9.17, 15) is 43.2 Å². The Balaban J connectivity index is 0.000000298. The molecule has 0 bridgehead atoms. The van der Waals surface area contributed by atoms with E-state index >= 15 is 0 Å². The highest BCUT2D eigenvalue weighted by atomic mass is 35.5. The van der Waals surface area contributed by atoms with Gasteiger partial charge in [-0.25, -0.2) is 4.79 Å². The standard InChI is InChI=1S/C27H44N4O6.C22H36N4O4.ClH/c1-25(2,3)20(30-24(36)37-26(4,5)6)23(35)31-13-15-17(27(15,7)8)18(31)22(34)29-16(19(32)21(28)33)12-14-10-9-11-14;1-21(2,3)17(23)20(30)26-10-12-14(22(12,4)5)15(26)19(29)25-13(16(27)18(24)28)9-11-7-6-8-11;/h14-18,20H,9-13H2,1-8H3,(H2,28,33)(H,29,34)(H,30,36);11-15,17H,6-10,23H2,1-5H3,(H2,24,28)(H,25,29);1H/t15-,16?,17-,18-,20+;12-,13?,14-,15-,17+;/m00./s1. The largest absolute Gasteiger partial charge is 0.444 e. The molecule has 7 amide bonds. The van der Waals surface area contributed by atoms with Crippen molar-refractivity contribution in [3.8, 4) is 0 Å². The van der Waals surface area contributed by atoms with Crippen molar-refractivity contribution in [2.45, 2.75) is 183 Å². The Labute approximate surface area is 408 Å². The number of halogens is 1. The lowest BCUT2D eigenvalue weighted by Gasteiger charge is -2.38. The third kappa shape index (κ3) is 12.2. The van der Waals surface area contributed by atoms with Gasteiger partial charge in [-0.2, -0.15) is 0 Å². The normalized spacial score (nSPS) is 27.3. The number of primary amides is 2. The zero-order valence-corrected chi connectivity index (χ0v) is 43.4. The third-order valence-electron chi connectivity index (χ3n) is 15.8. The number of ketones is 2. The van der Waals surface area contributed by atoms with Crippen molar-refractivity contribution in [1.82, 2.24) is 25.8 Å². The number of hydrogen-bond acceptors (Lipinski definition) is 11. The van der Waals surface area contributed by atoms with E-state index in [1.165, 1.54) is 4.90 Å². The topological polar surface area (TPSA) is 283 Å². The predicted octanol–water partition coefficient (Wildman–Crippen LogP) is 3.13. The number of likely N-dealkylation sites (tertiary alicyclic amines) is 2. The molecular weight excluding hydrogens is 896 g/mol. The van der Waals surface area contributed by atoms with Crippen molar-refractivity contribution in [2.75, 3.05) is 13.1 Å². The van der Waals surface area contributed by atoms with Crippen LogP contribution in [0.15, 0.2) is 0 Å². The van der Waals surface area contributed by atoms with Gasteiger partial charge in [0, 0.05) is 13.1 Å². The number of rotatable bonds is 15. The molecule has 4 aliphatic carbocycles. The molecule has 68 heavy (non-hydrogen) atoms. The van der Waals surface area contributed by atoms with Gasteiger partial charge in [0.15, 0.2) is 0 Å². The monoisotopic (exact) mass is 977 g/mol. The van der Waals surface area contributed by atoms with Gasteiger partial charge in [-0.1, -0.05) is 108 Å². The van der Waals surface area contributed by atoms with Crippen LogP contribution >= 0.6 is 12.4 Å². The van der Waals surface area contributed by atoms with Crippen molar-refractivity contribution >= 4 is 65.5 Å². The minimum Gasteiger partial charge on any atom is -0.444 e. The summed E-state index contributed by atoms with van der Waals surface area (Å²) in [5.41, 5.74) is 14.7. The molecule has 18 nitrogen and oxygen atoms in total. The maximum Gasteiger partial charge on any atom is 0.408 e. The van der Waals surface area contributed by atoms with E-state index in [1.54, 1.807) is 25.7 Å². The lowest BCUT2D eigenvalue weighted by molar-refractivity contribution is -0.145. The number of piperidine rings is 2. The smallest absolute Gasteiger partial charge is 0.408 e. The lowest BCUT2D eigenvalue weighted by atomic mass is 9.80. The molecule has 384 valence electrons. The fraction of sp³-hybridized carbons (Fsp3) is 0.816. The van der Waals surface area contributed by atoms with Gasteiger partial charge in [-0.05, 0) is 90.8 Å². The summed E-state index contributed by atoms with van der Waals surface area (Å²) in [6.07, 6.45) is 6.03. The van der Waals surface area contributed by atoms with E-state index in [2.05, 4.69) is 43.6 Å². The van der Waals surface area contributed by atoms with Crippen LogP contribution in [0.1, 0.15) is 141 Å². The predicted molar refractivity (Wildman–Crippen MR) is 256 cm³/mol. The van der Waals surface area contributed by atoms with E-state index in [4.69, 9.17) is 21.9 Å². The van der Waals surface area contributed by atoms with Gasteiger partial charge in [-0.15, -0.1) is 12.4 Å². The molecule has 0 aromatic rings. The van der Waals surface area contributed by atoms with Gasteiger partial charge in [0.1, 0.15) is 23.7 Å². The molecule has 2 unspecified atom stereocenters. The first-order valence-corrected chi connectivity index (χ1v) is 24.2. The molecule has 6 fully saturated rings. The van der Waals surface area contributed by atoms with Crippen LogP contribution in [0, 0.1) is 57.2 Å². The second-order valence-electron chi connectivity index (χ2n) is 24.7. The van der Waals surface area contributed by atoms with Gasteiger partial charge >= 0.3 is 6.09 Å². The van der Waals surface area contributed by atoms with Crippen molar-refractivity contribution in [2.24, 2.45) is 74.4 Å². The number of carbonyl (C=O) groups is 9. The number of Topliss-reactive ketones (excluding diaryl/α,β-unsaturated/α-hetero) is 2. The molecule has 2 saturated heterocycles. The summed E-state index contributed by atoms with van der Waals surface area (Å²) in [4.78, 5) is 118. The minimum absolute atomic E-state index is 0. The molecule has 10 atom stereocenters. The molecular formula is C49H81ClN8O10. The third-order valence-corrected chi connectivity index (χ3v) is 15.8. The first-order chi connectivity index (χ1) is 30.6. The van der Waals surface area contributed by atoms with E-state index in [0.717, 1.165) is 38.5 Å². The van der Waals surface area contributed by atoms with Crippen molar-refractivity contribution in [1.29, 1.82) is 0 Å². The Morgan fingerprint density at radius 1 is 0.603 bits per heavy atom. The number of nitrogens with two attached hydrogens (primary N) is 3. The van der Waals surface area contributed by atoms with E-state index in [1.807, 2.05) is 41.5 Å². The molecule has 0 radical (unpaired) electrons. The zero-order chi connectivity index (χ0) is 50.7. The van der Waals surface area contributed by atoms with Crippen LogP contribution in [0.4, 0.5) is 4.79 Å². The van der Waals surface area contributed by atoms with Crippen LogP contribution < -0.4 is 33.2 Å². The van der Waals surface area contributed by atoms with Gasteiger partial charge in [0.2, 0.25) is 35.2 Å². The molecule has 19 heteroatoms. The highest BCUT2D eigenvalue weighted by Gasteiger charge is 2.71. The molecule has 0 spiro atoms. The number of carbonyl (C=O) groups excluding carboxylic acids is 9. The lowest BCUT2D eigenvalue weighted by Crippen LogP contribution is -2.61. The van der Waals surface area contributed by atoms with Gasteiger partial charge in [-0.3, -0.25) is 38.4 Å². The molecule has 9 N–H and O–H groups in total. The first kappa shape index (κ1) is 56.3. The zero-order valence-electron chi connectivity index (χ0n) is 42.6. The summed E-state index contributed by atoms with van der Waals surface area (Å²) >= 11 is 0. The molecule has 2 heterocycles. The summed E-state index contributed by atoms with van der Waals surface area (Å²) < 4.78 is 5.39. The highest BCUT2D eigenvalue weighted by molar-refractivity contribution is 6.38. The number of ether oxygens (including phenoxy) is 1. The summed E-state index contributed by atoms with van der Waals surface area (Å²) in [7, 11) is 0. The van der Waals surface area contributed by atoms with Crippen LogP contribution in [0.2, 0.25) is 0 Å². The van der Waals surface area contributed by atoms with Crippen molar-refractivity contribution < 1.29 is 47.9 Å². The Morgan fingerprint density at radius 3 is 1.26 bits per heavy atom. The summed E-state index contributed by atoms with van der Waals surface area (Å²) in [5.74, 6) is -4.37. The number of nitrogens with one attached hydrogen (secondary N) is 3. The molecule has 4 saturated carbocycles. The average Bonchev–Trinajstić information content (AvgIpc) is 3.62. The number of alkyl carbamates (subject to hydrolysis) is 1. The van der Waals surface area contributed by atoms with Crippen LogP contribution in [-0.2, 0) is 43.1 Å². The summed E-state index contributed by atoms with van der Waals surface area (Å²) in [6.45, 7) is 25.6. The van der Waals surface area contributed by atoms with Crippen LogP contribution in [-0.4, -0.2) is 118 Å². The van der Waals surface area contributed by atoms with Crippen LogP contribution in [0.3, 0.4) is 0 Å². The summed E-state index contributed by atoms with van der Waals surface area (Å²) in [6, 6.07) is -5.11. The van der Waals surface area contributed by atoms with Gasteiger partial charge in [0.05, 0.1) is 18.1 Å². The highest BCUT2D eigenvalue weighted by Crippen LogP contribution is 2.66. The van der Waals surface area contributed by atoms with Crippen molar-refractivity contribution in [3.05, 3.63) is 0 Å². The van der Waals surface area contributed by atoms with Gasteiger partial charge < -0.3 is 47.7 Å². The molecule has 2 aliphatic heterocycles. The first-order valence-electron chi connectivity index (χ1n) is 24.2. The number of amides is 7. The van der Waals surface area contributed by atoms with Gasteiger partial charge in [0.25, 0.3) is 11.8 Å². The number of fused-ring (bicyclic) bond motifs is 2. The van der Waals surface area contributed by atoms with E-state index in [-0.39, 0.29) is 70.5 Å². The second-order valence-corrected chi connectivity index (χ2v) is 24.7. The van der Waals surface area contributed by atoms with Crippen LogP contribution in [0.5, 0.6) is 0 Å². The van der Waals surface area contributed by atoms with E-state index in [0.29, 0.717) is 31.8 Å². The maximum absolute atomic E-state index is 13.9. The Morgan fingerprint density at radius 2 is 0.971 bits per heavy atom. The van der Waals surface area contributed by atoms with Crippen LogP contribution in [0.25, 0.3) is 0 Å².